The molecule has 0 spiro atoms. The first-order valence-corrected chi connectivity index (χ1v) is 1.94. The fourth-order valence-corrected chi connectivity index (χ4v) is 0.249. The summed E-state index contributed by atoms with van der Waals surface area (Å²) in [6.07, 6.45) is -3.39. The SMILES string of the molecule is O=C(C(F)F)C1(F)OO1. The van der Waals surface area contributed by atoms with E-state index in [1.165, 1.54) is 0 Å². The van der Waals surface area contributed by atoms with Crippen LogP contribution in [0.5, 0.6) is 0 Å². The number of rotatable bonds is 2. The van der Waals surface area contributed by atoms with Crippen LogP contribution in [-0.4, -0.2) is 18.2 Å². The molecular weight excluding hydrogens is 141 g/mol. The molecule has 0 aromatic rings. The van der Waals surface area contributed by atoms with E-state index in [0.717, 1.165) is 0 Å². The Kier molecular flexibility index (Phi) is 1.21. The molecule has 0 aliphatic carbocycles. The van der Waals surface area contributed by atoms with E-state index in [0.29, 0.717) is 0 Å². The maximum atomic E-state index is 11.9. The molecule has 0 saturated carbocycles. The quantitative estimate of drug-likeness (QED) is 0.414. The Morgan fingerprint density at radius 2 is 1.89 bits per heavy atom. The van der Waals surface area contributed by atoms with Crippen molar-refractivity contribution in [2.45, 2.75) is 12.5 Å². The van der Waals surface area contributed by atoms with Gasteiger partial charge in [0.05, 0.1) is 0 Å². The highest BCUT2D eigenvalue weighted by atomic mass is 19.3. The summed E-state index contributed by atoms with van der Waals surface area (Å²) >= 11 is 0. The Balaban J connectivity index is 2.53. The molecule has 9 heavy (non-hydrogen) atoms. The largest absolute Gasteiger partial charge is 0.439 e. The topological polar surface area (TPSA) is 42.1 Å². The van der Waals surface area contributed by atoms with Gasteiger partial charge in [-0.1, -0.05) is 0 Å². The van der Waals surface area contributed by atoms with Crippen LogP contribution in [0.15, 0.2) is 0 Å². The van der Waals surface area contributed by atoms with Gasteiger partial charge in [0.2, 0.25) is 0 Å². The Morgan fingerprint density at radius 1 is 1.44 bits per heavy atom. The number of Topliss-reactive ketones (excluding diaryl/α,β-unsaturated/α-hetero) is 1. The van der Waals surface area contributed by atoms with Crippen LogP contribution >= 0.6 is 0 Å². The number of halogens is 3. The third-order valence-corrected chi connectivity index (χ3v) is 0.722. The van der Waals surface area contributed by atoms with Crippen LogP contribution in [0.25, 0.3) is 0 Å². The Morgan fingerprint density at radius 3 is 2.00 bits per heavy atom. The van der Waals surface area contributed by atoms with Crippen LogP contribution in [0, 0.1) is 0 Å². The molecule has 52 valence electrons. The number of hydrogen-bond donors (Lipinski definition) is 0. The summed E-state index contributed by atoms with van der Waals surface area (Å²) in [7, 11) is 0. The third-order valence-electron chi connectivity index (χ3n) is 0.722. The number of carbonyl (C=O) groups excluding carboxylic acids is 1. The van der Waals surface area contributed by atoms with Crippen LogP contribution in [0.1, 0.15) is 0 Å². The van der Waals surface area contributed by atoms with E-state index >= 15 is 0 Å². The molecule has 0 radical (unpaired) electrons. The molecular formula is C3HF3O3. The lowest BCUT2D eigenvalue weighted by molar-refractivity contribution is -0.142. The minimum atomic E-state index is -3.39. The molecule has 1 rings (SSSR count). The average molecular weight is 142 g/mol. The molecule has 0 N–H and O–H groups in total. The third kappa shape index (κ3) is 1.03. The van der Waals surface area contributed by atoms with E-state index in [4.69, 9.17) is 0 Å². The first kappa shape index (κ1) is 6.50. The van der Waals surface area contributed by atoms with Gasteiger partial charge in [-0.15, -0.1) is 0 Å². The van der Waals surface area contributed by atoms with Crippen molar-refractivity contribution in [1.29, 1.82) is 0 Å². The Bertz CT molecular complexity index is 141. The summed E-state index contributed by atoms with van der Waals surface area (Å²) in [5.41, 5.74) is 0. The average Bonchev–Trinajstić information content (AvgIpc) is 2.47. The first-order valence-electron chi connectivity index (χ1n) is 1.94. The lowest BCUT2D eigenvalue weighted by atomic mass is 10.4. The van der Waals surface area contributed by atoms with Gasteiger partial charge < -0.3 is 0 Å². The van der Waals surface area contributed by atoms with Gasteiger partial charge >= 0.3 is 12.5 Å². The summed E-state index contributed by atoms with van der Waals surface area (Å²) in [5, 5.41) is 0. The van der Waals surface area contributed by atoms with E-state index in [1.54, 1.807) is 0 Å². The maximum absolute atomic E-state index is 11.9. The van der Waals surface area contributed by atoms with Crippen LogP contribution in [0.4, 0.5) is 13.2 Å². The summed E-state index contributed by atoms with van der Waals surface area (Å²) in [4.78, 5) is 16.5. The van der Waals surface area contributed by atoms with Crippen molar-refractivity contribution in [3.8, 4) is 0 Å². The summed E-state index contributed by atoms with van der Waals surface area (Å²) in [6.45, 7) is 0. The van der Waals surface area contributed by atoms with Crippen LogP contribution in [0.2, 0.25) is 0 Å². The van der Waals surface area contributed by atoms with Crippen molar-refractivity contribution in [3.63, 3.8) is 0 Å². The van der Waals surface area contributed by atoms with Gasteiger partial charge in [-0.05, 0) is 0 Å². The highest BCUT2D eigenvalue weighted by Crippen LogP contribution is 2.33. The molecule has 6 heteroatoms. The van der Waals surface area contributed by atoms with Crippen molar-refractivity contribution in [2.75, 3.05) is 0 Å². The standard InChI is InChI=1S/C3HF3O3/c4-2(5)1(7)3(6)8-9-3/h2H. The smallest absolute Gasteiger partial charge is 0.283 e. The summed E-state index contributed by atoms with van der Waals surface area (Å²) in [6, 6.07) is -3.16. The molecule has 0 amide bonds. The molecule has 1 aliphatic heterocycles. The second-order valence-corrected chi connectivity index (χ2v) is 1.37. The minimum absolute atomic E-state index is 2.00. The lowest BCUT2D eigenvalue weighted by Gasteiger charge is -1.91. The second-order valence-electron chi connectivity index (χ2n) is 1.37. The fourth-order valence-electron chi connectivity index (χ4n) is 0.249. The summed E-state index contributed by atoms with van der Waals surface area (Å²) < 4.78 is 34.3. The molecule has 0 unspecified atom stereocenters. The number of ketones is 1. The highest BCUT2D eigenvalue weighted by Gasteiger charge is 2.61. The van der Waals surface area contributed by atoms with Crippen LogP contribution < -0.4 is 0 Å². The predicted octanol–water partition coefficient (Wildman–Crippen LogP) is 0.406. The van der Waals surface area contributed by atoms with Gasteiger partial charge in [0.1, 0.15) is 0 Å². The Labute approximate surface area is 47.3 Å². The van der Waals surface area contributed by atoms with Crippen molar-refractivity contribution < 1.29 is 27.7 Å². The minimum Gasteiger partial charge on any atom is -0.283 e. The van der Waals surface area contributed by atoms with E-state index < -0.39 is 18.2 Å². The number of hydrogen-bond acceptors (Lipinski definition) is 3. The van der Waals surface area contributed by atoms with Gasteiger partial charge in [-0.3, -0.25) is 4.79 Å². The molecule has 1 aliphatic rings. The molecule has 1 heterocycles. The normalized spacial score (nSPS) is 22.2. The molecule has 1 fully saturated rings. The molecule has 1 saturated heterocycles. The first-order chi connectivity index (χ1) is 4.06. The fraction of sp³-hybridized carbons (Fsp3) is 0.667. The van der Waals surface area contributed by atoms with Gasteiger partial charge in [0, 0.05) is 0 Å². The lowest BCUT2D eigenvalue weighted by Crippen LogP contribution is -2.25. The summed E-state index contributed by atoms with van der Waals surface area (Å²) in [5.74, 6) is -2.00. The molecule has 0 bridgehead atoms. The zero-order chi connectivity index (χ0) is 7.07. The van der Waals surface area contributed by atoms with Gasteiger partial charge in [0.15, 0.2) is 0 Å². The molecule has 3 nitrogen and oxygen atoms in total. The highest BCUT2D eigenvalue weighted by molar-refractivity contribution is 5.88. The van der Waals surface area contributed by atoms with Crippen molar-refractivity contribution in [3.05, 3.63) is 0 Å². The van der Waals surface area contributed by atoms with Crippen LogP contribution in [-0.2, 0) is 14.6 Å². The second kappa shape index (κ2) is 1.68. The van der Waals surface area contributed by atoms with Crippen LogP contribution in [0.3, 0.4) is 0 Å². The van der Waals surface area contributed by atoms with Gasteiger partial charge in [-0.25, -0.2) is 8.78 Å². The van der Waals surface area contributed by atoms with Crippen molar-refractivity contribution in [1.82, 2.24) is 0 Å². The van der Waals surface area contributed by atoms with Gasteiger partial charge in [-0.2, -0.15) is 14.2 Å². The molecule has 0 aromatic carbocycles. The van der Waals surface area contributed by atoms with E-state index in [-0.39, 0.29) is 0 Å². The van der Waals surface area contributed by atoms with E-state index in [2.05, 4.69) is 9.78 Å². The number of carbonyl (C=O) groups is 1. The molecule has 0 atom stereocenters. The van der Waals surface area contributed by atoms with Gasteiger partial charge in [0.25, 0.3) is 5.78 Å². The maximum Gasteiger partial charge on any atom is 0.439 e. The number of alkyl halides is 3. The van der Waals surface area contributed by atoms with E-state index in [9.17, 15) is 18.0 Å². The monoisotopic (exact) mass is 142 g/mol. The zero-order valence-corrected chi connectivity index (χ0v) is 3.94. The van der Waals surface area contributed by atoms with Crippen molar-refractivity contribution in [2.24, 2.45) is 0 Å². The van der Waals surface area contributed by atoms with E-state index in [1.807, 2.05) is 0 Å². The zero-order valence-electron chi connectivity index (χ0n) is 3.94. The Hall–Kier alpha value is -0.620. The predicted molar refractivity (Wildman–Crippen MR) is 17.0 cm³/mol. The molecule has 0 aromatic heterocycles. The van der Waals surface area contributed by atoms with Crippen molar-refractivity contribution >= 4 is 5.78 Å².